The highest BCUT2D eigenvalue weighted by atomic mass is 16.5. The molecule has 5 nitrogen and oxygen atoms in total. The van der Waals surface area contributed by atoms with Gasteiger partial charge in [-0.3, -0.25) is 0 Å². The molecular weight excluding hydrogens is 438 g/mol. The molecule has 0 saturated heterocycles. The van der Waals surface area contributed by atoms with E-state index in [0.717, 1.165) is 39.3 Å². The molecule has 5 heteroatoms. The topological polar surface area (TPSA) is 73.2 Å². The molecule has 0 aliphatic carbocycles. The van der Waals surface area contributed by atoms with Crippen molar-refractivity contribution in [2.24, 2.45) is 0 Å². The molecule has 0 spiro atoms. The molecule has 180 valence electrons. The molecule has 4 rings (SSSR count). The second-order valence-electron chi connectivity index (χ2n) is 9.04. The Morgan fingerprint density at radius 2 is 1.11 bits per heavy atom. The number of hydrogen-bond acceptors (Lipinski definition) is 5. The van der Waals surface area contributed by atoms with Crippen LogP contribution < -0.4 is 9.64 Å². The van der Waals surface area contributed by atoms with E-state index in [0.29, 0.717) is 22.6 Å². The van der Waals surface area contributed by atoms with E-state index >= 15 is 0 Å². The second-order valence-corrected chi connectivity index (χ2v) is 9.04. The Balaban J connectivity index is 2.02. The molecule has 0 radical (unpaired) electrons. The predicted octanol–water partition coefficient (Wildman–Crippen LogP) is 7.92. The van der Waals surface area contributed by atoms with Crippen molar-refractivity contribution in [1.82, 2.24) is 0 Å². The third kappa shape index (κ3) is 4.37. The Kier molecular flexibility index (Phi) is 6.35. The maximum atomic E-state index is 10.6. The van der Waals surface area contributed by atoms with Crippen LogP contribution in [0.25, 0.3) is 0 Å². The Morgan fingerprint density at radius 3 is 1.69 bits per heavy atom. The number of hydrogen-bond donors (Lipinski definition) is 3. The minimum absolute atomic E-state index is 0.136. The number of nitrogens with zero attached hydrogens (tertiary/aromatic N) is 1. The summed E-state index contributed by atoms with van der Waals surface area (Å²) in [4.78, 5) is 2.04. The van der Waals surface area contributed by atoms with Crippen molar-refractivity contribution in [3.8, 4) is 28.7 Å². The van der Waals surface area contributed by atoms with Gasteiger partial charge in [0, 0.05) is 17.2 Å². The first kappa shape index (κ1) is 24.0. The van der Waals surface area contributed by atoms with E-state index in [4.69, 9.17) is 4.74 Å². The zero-order chi connectivity index (χ0) is 25.4. The third-order valence-corrected chi connectivity index (χ3v) is 6.59. The van der Waals surface area contributed by atoms with Crippen LogP contribution in [0.5, 0.6) is 28.7 Å². The van der Waals surface area contributed by atoms with Gasteiger partial charge in [-0.05, 0) is 94.1 Å². The normalized spacial score (nSPS) is 10.9. The van der Waals surface area contributed by atoms with Gasteiger partial charge in [-0.2, -0.15) is 0 Å². The van der Waals surface area contributed by atoms with E-state index in [2.05, 4.69) is 0 Å². The summed E-state index contributed by atoms with van der Waals surface area (Å²) >= 11 is 0. The summed E-state index contributed by atoms with van der Waals surface area (Å²) in [5.41, 5.74) is 7.55. The van der Waals surface area contributed by atoms with E-state index < -0.39 is 0 Å². The van der Waals surface area contributed by atoms with E-state index in [1.54, 1.807) is 24.3 Å². The lowest BCUT2D eigenvalue weighted by Crippen LogP contribution is -2.16. The van der Waals surface area contributed by atoms with E-state index in [-0.39, 0.29) is 17.2 Å². The van der Waals surface area contributed by atoms with Crippen LogP contribution >= 0.6 is 0 Å². The summed E-state index contributed by atoms with van der Waals surface area (Å²) < 4.78 is 6.42. The molecular formula is C30H31NO4. The first-order valence-corrected chi connectivity index (χ1v) is 11.6. The van der Waals surface area contributed by atoms with Gasteiger partial charge in [0.05, 0.1) is 17.1 Å². The van der Waals surface area contributed by atoms with Gasteiger partial charge >= 0.3 is 0 Å². The quantitative estimate of drug-likeness (QED) is 0.277. The fourth-order valence-electron chi connectivity index (χ4n) is 4.45. The molecule has 0 aliphatic rings. The first-order chi connectivity index (χ1) is 16.6. The molecule has 0 unspecified atom stereocenters. The number of phenols is 3. The van der Waals surface area contributed by atoms with Crippen molar-refractivity contribution >= 4 is 17.1 Å². The van der Waals surface area contributed by atoms with E-state index in [1.165, 1.54) is 0 Å². The van der Waals surface area contributed by atoms with Crippen LogP contribution in [0.4, 0.5) is 17.1 Å². The van der Waals surface area contributed by atoms with Crippen molar-refractivity contribution in [3.63, 3.8) is 0 Å². The number of para-hydroxylation sites is 2. The van der Waals surface area contributed by atoms with Gasteiger partial charge < -0.3 is 25.0 Å². The average Bonchev–Trinajstić information content (AvgIpc) is 2.82. The van der Waals surface area contributed by atoms with Crippen molar-refractivity contribution in [3.05, 3.63) is 94.0 Å². The fraction of sp³-hybridized carbons (Fsp3) is 0.200. The van der Waals surface area contributed by atoms with Crippen LogP contribution in [0.1, 0.15) is 33.4 Å². The van der Waals surface area contributed by atoms with Gasteiger partial charge in [-0.1, -0.05) is 24.3 Å². The summed E-state index contributed by atoms with van der Waals surface area (Å²) in [5.74, 6) is 1.64. The number of ether oxygens (including phenoxy) is 1. The maximum absolute atomic E-state index is 10.6. The Hall–Kier alpha value is -4.12. The molecule has 0 saturated carbocycles. The molecule has 0 aliphatic heterocycles. The van der Waals surface area contributed by atoms with Crippen LogP contribution in [0.2, 0.25) is 0 Å². The van der Waals surface area contributed by atoms with Gasteiger partial charge in [-0.25, -0.2) is 0 Å². The van der Waals surface area contributed by atoms with Gasteiger partial charge in [0.15, 0.2) is 5.75 Å². The van der Waals surface area contributed by atoms with Gasteiger partial charge in [0.2, 0.25) is 0 Å². The lowest BCUT2D eigenvalue weighted by Gasteiger charge is -2.33. The summed E-state index contributed by atoms with van der Waals surface area (Å²) in [5, 5.41) is 31.4. The molecule has 0 amide bonds. The molecule has 0 atom stereocenters. The zero-order valence-electron chi connectivity index (χ0n) is 21.0. The Morgan fingerprint density at radius 1 is 0.571 bits per heavy atom. The molecule has 4 aromatic rings. The smallest absolute Gasteiger partial charge is 0.151 e. The molecule has 35 heavy (non-hydrogen) atoms. The number of aromatic hydroxyl groups is 3. The van der Waals surface area contributed by atoms with Gasteiger partial charge in [0.1, 0.15) is 23.0 Å². The number of phenolic OH excluding ortho intramolecular Hbond substituents is 3. The molecule has 0 heterocycles. The Labute approximate surface area is 206 Å². The van der Waals surface area contributed by atoms with Crippen LogP contribution in [0.15, 0.2) is 60.7 Å². The molecule has 0 fully saturated rings. The molecule has 0 bridgehead atoms. The van der Waals surface area contributed by atoms with Crippen LogP contribution in [0, 0.1) is 41.5 Å². The highest BCUT2D eigenvalue weighted by Crippen LogP contribution is 2.49. The summed E-state index contributed by atoms with van der Waals surface area (Å²) in [6.45, 7) is 11.6. The predicted molar refractivity (Wildman–Crippen MR) is 141 cm³/mol. The summed E-state index contributed by atoms with van der Waals surface area (Å²) in [6, 6.07) is 18.1. The minimum atomic E-state index is 0.136. The standard InChI is InChI=1S/C30H31NO4/c1-17-11-13-25(33)21(5)29(17)31(30-18(2)12-14-26(34)22(30)6)24-9-7-8-10-27(24)35-28-16-23(32)15-19(3)20(28)4/h7-16,32-34H,1-6H3. The lowest BCUT2D eigenvalue weighted by molar-refractivity contribution is 0.452. The average molecular weight is 470 g/mol. The van der Waals surface area contributed by atoms with Gasteiger partial charge in [0.25, 0.3) is 0 Å². The van der Waals surface area contributed by atoms with Crippen molar-refractivity contribution in [1.29, 1.82) is 0 Å². The summed E-state index contributed by atoms with van der Waals surface area (Å²) in [7, 11) is 0. The zero-order valence-corrected chi connectivity index (χ0v) is 21.0. The number of benzene rings is 4. The summed E-state index contributed by atoms with van der Waals surface area (Å²) in [6.07, 6.45) is 0. The number of aryl methyl sites for hydroxylation is 3. The Bertz CT molecular complexity index is 1370. The highest BCUT2D eigenvalue weighted by Gasteiger charge is 2.25. The molecule has 3 N–H and O–H groups in total. The highest BCUT2D eigenvalue weighted by molar-refractivity contribution is 5.87. The second kappa shape index (κ2) is 9.26. The van der Waals surface area contributed by atoms with Crippen LogP contribution in [-0.2, 0) is 0 Å². The maximum Gasteiger partial charge on any atom is 0.151 e. The largest absolute Gasteiger partial charge is 0.508 e. The van der Waals surface area contributed by atoms with E-state index in [9.17, 15) is 15.3 Å². The fourth-order valence-corrected chi connectivity index (χ4v) is 4.45. The van der Waals surface area contributed by atoms with Crippen LogP contribution in [-0.4, -0.2) is 15.3 Å². The number of rotatable bonds is 5. The van der Waals surface area contributed by atoms with Gasteiger partial charge in [-0.15, -0.1) is 0 Å². The van der Waals surface area contributed by atoms with Crippen LogP contribution in [0.3, 0.4) is 0 Å². The number of anilines is 3. The third-order valence-electron chi connectivity index (χ3n) is 6.59. The lowest BCUT2D eigenvalue weighted by atomic mass is 10.0. The first-order valence-electron chi connectivity index (χ1n) is 11.6. The molecule has 4 aromatic carbocycles. The minimum Gasteiger partial charge on any atom is -0.508 e. The monoisotopic (exact) mass is 469 g/mol. The van der Waals surface area contributed by atoms with Crippen molar-refractivity contribution < 1.29 is 20.1 Å². The molecule has 0 aromatic heterocycles. The van der Waals surface area contributed by atoms with Crippen molar-refractivity contribution in [2.75, 3.05) is 4.90 Å². The van der Waals surface area contributed by atoms with E-state index in [1.807, 2.05) is 82.8 Å². The SMILES string of the molecule is Cc1cc(O)cc(Oc2ccccc2N(c2c(C)ccc(O)c2C)c2c(C)ccc(O)c2C)c1C. The van der Waals surface area contributed by atoms with Crippen molar-refractivity contribution in [2.45, 2.75) is 41.5 Å².